The van der Waals surface area contributed by atoms with E-state index >= 15 is 0 Å². The summed E-state index contributed by atoms with van der Waals surface area (Å²) < 4.78 is 29.9. The summed E-state index contributed by atoms with van der Waals surface area (Å²) >= 11 is 0. The van der Waals surface area contributed by atoms with Crippen molar-refractivity contribution in [2.75, 3.05) is 19.8 Å². The van der Waals surface area contributed by atoms with Crippen molar-refractivity contribution < 1.29 is 42.8 Å². The SMILES string of the molecule is O=C(Oc1cc(OC(=O)C2CO2)cc(OC(=O)[C@H]2CO2)c1)C1CO1. The molecular weight excluding hydrogens is 324 g/mol. The Kier molecular flexibility index (Phi) is 3.68. The van der Waals surface area contributed by atoms with Gasteiger partial charge < -0.3 is 28.4 Å². The first-order valence-corrected chi connectivity index (χ1v) is 7.23. The lowest BCUT2D eigenvalue weighted by Gasteiger charge is -2.10. The van der Waals surface area contributed by atoms with Crippen molar-refractivity contribution in [3.8, 4) is 17.2 Å². The first-order valence-electron chi connectivity index (χ1n) is 7.23. The molecule has 3 aliphatic rings. The van der Waals surface area contributed by atoms with Gasteiger partial charge in [-0.2, -0.15) is 0 Å². The van der Waals surface area contributed by atoms with Crippen molar-refractivity contribution in [3.63, 3.8) is 0 Å². The third-order valence-electron chi connectivity index (χ3n) is 3.30. The molecule has 3 fully saturated rings. The smallest absolute Gasteiger partial charge is 0.343 e. The van der Waals surface area contributed by atoms with Crippen molar-refractivity contribution >= 4 is 17.9 Å². The molecule has 9 heteroatoms. The summed E-state index contributed by atoms with van der Waals surface area (Å²) in [6.07, 6.45) is -1.79. The fourth-order valence-electron chi connectivity index (χ4n) is 1.82. The molecule has 0 N–H and O–H groups in total. The molecular formula is C15H12O9. The molecule has 3 saturated heterocycles. The molecule has 3 atom stereocenters. The normalized spacial score (nSPS) is 26.2. The Balaban J connectivity index is 1.52. The average Bonchev–Trinajstić information content (AvgIpc) is 3.42. The van der Waals surface area contributed by atoms with Gasteiger partial charge >= 0.3 is 17.9 Å². The first kappa shape index (κ1) is 15.1. The average molecular weight is 336 g/mol. The molecule has 0 saturated carbocycles. The van der Waals surface area contributed by atoms with Gasteiger partial charge in [0.15, 0.2) is 18.3 Å². The standard InChI is InChI=1S/C15H12O9/c16-13(10-4-19-10)22-7-1-8(23-14(17)11-5-20-11)3-9(2-7)24-15(18)12-6-21-12/h1-3,10-12H,4-6H2/t10-,11?,12?/m1/s1. The summed E-state index contributed by atoms with van der Waals surface area (Å²) in [6, 6.07) is 4.02. The van der Waals surface area contributed by atoms with Gasteiger partial charge in [-0.3, -0.25) is 0 Å². The van der Waals surface area contributed by atoms with Gasteiger partial charge in [-0.15, -0.1) is 0 Å². The van der Waals surface area contributed by atoms with Crippen LogP contribution in [0.15, 0.2) is 18.2 Å². The van der Waals surface area contributed by atoms with E-state index in [1.165, 1.54) is 18.2 Å². The van der Waals surface area contributed by atoms with Crippen LogP contribution in [0.2, 0.25) is 0 Å². The minimum atomic E-state index is -0.595. The lowest BCUT2D eigenvalue weighted by molar-refractivity contribution is -0.136. The number of epoxide rings is 3. The number of benzene rings is 1. The van der Waals surface area contributed by atoms with Crippen LogP contribution in [0.5, 0.6) is 17.2 Å². The van der Waals surface area contributed by atoms with E-state index in [2.05, 4.69) is 0 Å². The van der Waals surface area contributed by atoms with E-state index in [0.29, 0.717) is 19.8 Å². The summed E-state index contributed by atoms with van der Waals surface area (Å²) in [4.78, 5) is 35.0. The predicted octanol–water partition coefficient (Wildman–Crippen LogP) is -0.401. The molecule has 2 unspecified atom stereocenters. The minimum absolute atomic E-state index is 0.0667. The zero-order chi connectivity index (χ0) is 16.7. The van der Waals surface area contributed by atoms with Crippen molar-refractivity contribution in [2.24, 2.45) is 0 Å². The maximum atomic E-state index is 11.7. The van der Waals surface area contributed by atoms with Crippen LogP contribution in [0.3, 0.4) is 0 Å². The van der Waals surface area contributed by atoms with E-state index in [4.69, 9.17) is 28.4 Å². The fourth-order valence-corrected chi connectivity index (χ4v) is 1.82. The topological polar surface area (TPSA) is 116 Å². The maximum Gasteiger partial charge on any atom is 0.343 e. The van der Waals surface area contributed by atoms with E-state index in [0.717, 1.165) is 0 Å². The highest BCUT2D eigenvalue weighted by Crippen LogP contribution is 2.30. The third-order valence-corrected chi connectivity index (χ3v) is 3.30. The van der Waals surface area contributed by atoms with Gasteiger partial charge in [-0.1, -0.05) is 0 Å². The Morgan fingerprint density at radius 1 is 0.667 bits per heavy atom. The zero-order valence-electron chi connectivity index (χ0n) is 12.3. The molecule has 0 spiro atoms. The quantitative estimate of drug-likeness (QED) is 0.388. The minimum Gasteiger partial charge on any atom is -0.424 e. The summed E-state index contributed by atoms with van der Waals surface area (Å²) in [5, 5.41) is 0. The Hall–Kier alpha value is -2.49. The molecule has 0 aromatic heterocycles. The number of ether oxygens (including phenoxy) is 6. The van der Waals surface area contributed by atoms with Crippen LogP contribution in [-0.4, -0.2) is 56.0 Å². The van der Waals surface area contributed by atoms with E-state index in [1.54, 1.807) is 0 Å². The molecule has 1 aromatic rings. The second-order valence-corrected chi connectivity index (χ2v) is 5.37. The molecule has 3 heterocycles. The van der Waals surface area contributed by atoms with E-state index in [-0.39, 0.29) is 17.2 Å². The molecule has 3 aliphatic heterocycles. The van der Waals surface area contributed by atoms with Crippen molar-refractivity contribution in [2.45, 2.75) is 18.3 Å². The molecule has 4 rings (SSSR count). The van der Waals surface area contributed by atoms with Gasteiger partial charge in [-0.05, 0) is 0 Å². The monoisotopic (exact) mass is 336 g/mol. The number of rotatable bonds is 6. The van der Waals surface area contributed by atoms with Gasteiger partial charge in [0.25, 0.3) is 0 Å². The summed E-state index contributed by atoms with van der Waals surface area (Å²) in [7, 11) is 0. The summed E-state index contributed by atoms with van der Waals surface area (Å²) in [5.74, 6) is -1.53. The molecule has 0 bridgehead atoms. The molecule has 0 aliphatic carbocycles. The molecule has 9 nitrogen and oxygen atoms in total. The predicted molar refractivity (Wildman–Crippen MR) is 72.6 cm³/mol. The number of hydrogen-bond acceptors (Lipinski definition) is 9. The lowest BCUT2D eigenvalue weighted by Crippen LogP contribution is -2.18. The fraction of sp³-hybridized carbons (Fsp3) is 0.400. The second-order valence-electron chi connectivity index (χ2n) is 5.37. The van der Waals surface area contributed by atoms with Crippen LogP contribution in [0.25, 0.3) is 0 Å². The first-order chi connectivity index (χ1) is 11.6. The van der Waals surface area contributed by atoms with Crippen molar-refractivity contribution in [1.29, 1.82) is 0 Å². The number of esters is 3. The third kappa shape index (κ3) is 3.70. The summed E-state index contributed by atoms with van der Waals surface area (Å²) in [5.41, 5.74) is 0. The Morgan fingerprint density at radius 3 is 1.12 bits per heavy atom. The molecule has 0 radical (unpaired) electrons. The molecule has 24 heavy (non-hydrogen) atoms. The largest absolute Gasteiger partial charge is 0.424 e. The molecule has 126 valence electrons. The zero-order valence-corrected chi connectivity index (χ0v) is 12.3. The molecule has 0 amide bonds. The van der Waals surface area contributed by atoms with E-state index in [9.17, 15) is 14.4 Å². The number of carbonyl (C=O) groups is 3. The highest BCUT2D eigenvalue weighted by molar-refractivity contribution is 5.82. The highest BCUT2D eigenvalue weighted by atomic mass is 16.6. The van der Waals surface area contributed by atoms with Crippen molar-refractivity contribution in [3.05, 3.63) is 18.2 Å². The van der Waals surface area contributed by atoms with Crippen LogP contribution in [0, 0.1) is 0 Å². The van der Waals surface area contributed by atoms with Crippen LogP contribution >= 0.6 is 0 Å². The maximum absolute atomic E-state index is 11.7. The molecule has 1 aromatic carbocycles. The second kappa shape index (κ2) is 5.86. The number of carbonyl (C=O) groups excluding carboxylic acids is 3. The lowest BCUT2D eigenvalue weighted by atomic mass is 10.3. The Bertz CT molecular complexity index is 593. The van der Waals surface area contributed by atoms with Gasteiger partial charge in [0.2, 0.25) is 0 Å². The van der Waals surface area contributed by atoms with Gasteiger partial charge in [0.05, 0.1) is 19.8 Å². The Labute approximate surface area is 135 Å². The van der Waals surface area contributed by atoms with Gasteiger partial charge in [0.1, 0.15) is 17.2 Å². The van der Waals surface area contributed by atoms with E-state index < -0.39 is 36.2 Å². The van der Waals surface area contributed by atoms with Crippen LogP contribution in [0.4, 0.5) is 0 Å². The number of hydrogen-bond donors (Lipinski definition) is 0. The van der Waals surface area contributed by atoms with Gasteiger partial charge in [-0.25, -0.2) is 14.4 Å². The summed E-state index contributed by atoms with van der Waals surface area (Å²) in [6.45, 7) is 0.897. The van der Waals surface area contributed by atoms with Crippen LogP contribution in [-0.2, 0) is 28.6 Å². The highest BCUT2D eigenvalue weighted by Gasteiger charge is 2.36. The van der Waals surface area contributed by atoms with Gasteiger partial charge in [0, 0.05) is 18.2 Å². The van der Waals surface area contributed by atoms with E-state index in [1.807, 2.05) is 0 Å². The Morgan fingerprint density at radius 2 is 0.917 bits per heavy atom. The van der Waals surface area contributed by atoms with Crippen LogP contribution < -0.4 is 14.2 Å². The van der Waals surface area contributed by atoms with Crippen LogP contribution in [0.1, 0.15) is 0 Å². The van der Waals surface area contributed by atoms with Crippen molar-refractivity contribution in [1.82, 2.24) is 0 Å².